The summed E-state index contributed by atoms with van der Waals surface area (Å²) in [6, 6.07) is 8.17. The predicted octanol–water partition coefficient (Wildman–Crippen LogP) is 2.40. The molecule has 0 fully saturated rings. The van der Waals surface area contributed by atoms with Crippen LogP contribution in [0.25, 0.3) is 0 Å². The van der Waals surface area contributed by atoms with E-state index in [9.17, 15) is 0 Å². The zero-order valence-electron chi connectivity index (χ0n) is 12.8. The van der Waals surface area contributed by atoms with E-state index in [1.54, 1.807) is 13.4 Å². The van der Waals surface area contributed by atoms with E-state index in [2.05, 4.69) is 47.4 Å². The van der Waals surface area contributed by atoms with Gasteiger partial charge >= 0.3 is 0 Å². The van der Waals surface area contributed by atoms with E-state index in [1.807, 2.05) is 36.9 Å². The molecule has 22 heavy (non-hydrogen) atoms. The van der Waals surface area contributed by atoms with Crippen molar-refractivity contribution in [1.29, 1.82) is 0 Å². The SMILES string of the molecule is CN=C(NCc1nncn1C)N(C)Cc1ccccc1Br.I. The number of rotatable bonds is 4. The highest BCUT2D eigenvalue weighted by atomic mass is 127. The van der Waals surface area contributed by atoms with Crippen molar-refractivity contribution in [1.82, 2.24) is 25.0 Å². The molecule has 1 aromatic heterocycles. The normalized spacial score (nSPS) is 11.0. The van der Waals surface area contributed by atoms with Crippen LogP contribution < -0.4 is 5.32 Å². The molecular weight excluding hydrogens is 459 g/mol. The molecular formula is C14H20BrIN6. The minimum Gasteiger partial charge on any atom is -0.349 e. The summed E-state index contributed by atoms with van der Waals surface area (Å²) in [6.45, 7) is 1.35. The van der Waals surface area contributed by atoms with Gasteiger partial charge in [0.15, 0.2) is 11.8 Å². The fourth-order valence-electron chi connectivity index (χ4n) is 1.97. The number of guanidine groups is 1. The van der Waals surface area contributed by atoms with E-state index in [-0.39, 0.29) is 24.0 Å². The number of aliphatic imine (C=N–C) groups is 1. The second-order valence-electron chi connectivity index (χ2n) is 4.71. The van der Waals surface area contributed by atoms with Crippen LogP contribution in [0.3, 0.4) is 0 Å². The summed E-state index contributed by atoms with van der Waals surface area (Å²) >= 11 is 3.57. The highest BCUT2D eigenvalue weighted by Gasteiger charge is 2.09. The zero-order chi connectivity index (χ0) is 15.2. The fraction of sp³-hybridized carbons (Fsp3) is 0.357. The van der Waals surface area contributed by atoms with Crippen molar-refractivity contribution < 1.29 is 0 Å². The van der Waals surface area contributed by atoms with E-state index < -0.39 is 0 Å². The summed E-state index contributed by atoms with van der Waals surface area (Å²) in [4.78, 5) is 6.37. The van der Waals surface area contributed by atoms with Crippen LogP contribution in [0.5, 0.6) is 0 Å². The molecule has 0 aliphatic rings. The molecule has 0 aliphatic carbocycles. The van der Waals surface area contributed by atoms with Gasteiger partial charge < -0.3 is 14.8 Å². The molecule has 0 saturated heterocycles. The van der Waals surface area contributed by atoms with Gasteiger partial charge in [-0.3, -0.25) is 4.99 Å². The molecule has 0 saturated carbocycles. The standard InChI is InChI=1S/C14H19BrN6.HI/c1-16-14(17-8-13-19-18-10-21(13)3)20(2)9-11-6-4-5-7-12(11)15;/h4-7,10H,8-9H2,1-3H3,(H,16,17);1H. The van der Waals surface area contributed by atoms with Crippen LogP contribution in [0.1, 0.15) is 11.4 Å². The lowest BCUT2D eigenvalue weighted by atomic mass is 10.2. The summed E-state index contributed by atoms with van der Waals surface area (Å²) in [6.07, 6.45) is 1.69. The van der Waals surface area contributed by atoms with Gasteiger partial charge in [-0.1, -0.05) is 34.1 Å². The number of hydrogen-bond acceptors (Lipinski definition) is 3. The predicted molar refractivity (Wildman–Crippen MR) is 102 cm³/mol. The molecule has 0 bridgehead atoms. The van der Waals surface area contributed by atoms with Gasteiger partial charge in [0.1, 0.15) is 6.33 Å². The summed E-state index contributed by atoms with van der Waals surface area (Å²) in [5.74, 6) is 1.68. The summed E-state index contributed by atoms with van der Waals surface area (Å²) in [7, 11) is 5.70. The first-order valence-electron chi connectivity index (χ1n) is 6.60. The quantitative estimate of drug-likeness (QED) is 0.416. The van der Waals surface area contributed by atoms with E-state index >= 15 is 0 Å². The summed E-state index contributed by atoms with van der Waals surface area (Å²) in [5.41, 5.74) is 1.21. The summed E-state index contributed by atoms with van der Waals surface area (Å²) in [5, 5.41) is 11.2. The fourth-order valence-corrected chi connectivity index (χ4v) is 2.38. The van der Waals surface area contributed by atoms with Gasteiger partial charge in [-0.15, -0.1) is 34.2 Å². The largest absolute Gasteiger partial charge is 0.349 e. The number of aromatic nitrogens is 3. The maximum atomic E-state index is 4.30. The van der Waals surface area contributed by atoms with Gasteiger partial charge in [-0.05, 0) is 11.6 Å². The molecule has 1 heterocycles. The average molecular weight is 479 g/mol. The topological polar surface area (TPSA) is 58.3 Å². The first kappa shape index (κ1) is 18.9. The Morgan fingerprint density at radius 2 is 2.14 bits per heavy atom. The van der Waals surface area contributed by atoms with Gasteiger partial charge in [-0.2, -0.15) is 0 Å². The number of aryl methyl sites for hydroxylation is 1. The van der Waals surface area contributed by atoms with Gasteiger partial charge in [0.25, 0.3) is 0 Å². The highest BCUT2D eigenvalue weighted by molar-refractivity contribution is 14.0. The molecule has 0 amide bonds. The molecule has 0 radical (unpaired) electrons. The Morgan fingerprint density at radius 3 is 2.73 bits per heavy atom. The van der Waals surface area contributed by atoms with Crippen molar-refractivity contribution >= 4 is 45.9 Å². The van der Waals surface area contributed by atoms with Gasteiger partial charge in [-0.25, -0.2) is 0 Å². The van der Waals surface area contributed by atoms with Crippen molar-refractivity contribution in [2.24, 2.45) is 12.0 Å². The minimum atomic E-state index is 0. The van der Waals surface area contributed by atoms with E-state index in [4.69, 9.17) is 0 Å². The molecule has 1 aromatic carbocycles. The maximum Gasteiger partial charge on any atom is 0.194 e. The van der Waals surface area contributed by atoms with Crippen LogP contribution in [-0.2, 0) is 20.1 Å². The van der Waals surface area contributed by atoms with Crippen LogP contribution in [0.2, 0.25) is 0 Å². The second kappa shape index (κ2) is 9.09. The Bertz CT molecular complexity index is 627. The smallest absolute Gasteiger partial charge is 0.194 e. The molecule has 1 N–H and O–H groups in total. The first-order chi connectivity index (χ1) is 10.1. The molecule has 120 valence electrons. The van der Waals surface area contributed by atoms with Crippen LogP contribution in [0.4, 0.5) is 0 Å². The molecule has 0 spiro atoms. The van der Waals surface area contributed by atoms with Crippen molar-refractivity contribution in [2.45, 2.75) is 13.1 Å². The molecule has 2 aromatic rings. The van der Waals surface area contributed by atoms with E-state index in [0.717, 1.165) is 22.8 Å². The molecule has 0 unspecified atom stereocenters. The van der Waals surface area contributed by atoms with E-state index in [1.165, 1.54) is 5.56 Å². The molecule has 6 nitrogen and oxygen atoms in total. The highest BCUT2D eigenvalue weighted by Crippen LogP contribution is 2.17. The average Bonchev–Trinajstić information content (AvgIpc) is 2.88. The Morgan fingerprint density at radius 1 is 1.41 bits per heavy atom. The Hall–Kier alpha value is -1.16. The lowest BCUT2D eigenvalue weighted by Crippen LogP contribution is -2.38. The van der Waals surface area contributed by atoms with Crippen molar-refractivity contribution in [3.05, 3.63) is 46.5 Å². The number of nitrogens with zero attached hydrogens (tertiary/aromatic N) is 5. The van der Waals surface area contributed by atoms with Crippen LogP contribution >= 0.6 is 39.9 Å². The Kier molecular flexibility index (Phi) is 7.80. The zero-order valence-corrected chi connectivity index (χ0v) is 16.7. The third-order valence-corrected chi connectivity index (χ3v) is 3.92. The summed E-state index contributed by atoms with van der Waals surface area (Å²) < 4.78 is 2.98. The number of halogens is 2. The lowest BCUT2D eigenvalue weighted by molar-refractivity contribution is 0.473. The molecule has 0 atom stereocenters. The van der Waals surface area contributed by atoms with Crippen LogP contribution in [-0.4, -0.2) is 39.7 Å². The number of benzene rings is 1. The van der Waals surface area contributed by atoms with Crippen LogP contribution in [0.15, 0.2) is 40.1 Å². The van der Waals surface area contributed by atoms with Crippen molar-refractivity contribution in [3.8, 4) is 0 Å². The number of hydrogen-bond donors (Lipinski definition) is 1. The molecule has 2 rings (SSSR count). The third kappa shape index (κ3) is 4.94. The lowest BCUT2D eigenvalue weighted by Gasteiger charge is -2.22. The first-order valence-corrected chi connectivity index (χ1v) is 7.39. The van der Waals surface area contributed by atoms with Gasteiger partial charge in [0.05, 0.1) is 6.54 Å². The minimum absolute atomic E-state index is 0. The Labute approximate surface area is 156 Å². The van der Waals surface area contributed by atoms with E-state index in [0.29, 0.717) is 6.54 Å². The number of nitrogens with one attached hydrogen (secondary N) is 1. The maximum absolute atomic E-state index is 4.30. The monoisotopic (exact) mass is 478 g/mol. The van der Waals surface area contributed by atoms with Crippen LogP contribution in [0, 0.1) is 0 Å². The Balaban J connectivity index is 0.00000242. The molecule has 8 heteroatoms. The van der Waals surface area contributed by atoms with Crippen molar-refractivity contribution in [3.63, 3.8) is 0 Å². The van der Waals surface area contributed by atoms with Gasteiger partial charge in [0.2, 0.25) is 0 Å². The van der Waals surface area contributed by atoms with Crippen molar-refractivity contribution in [2.75, 3.05) is 14.1 Å². The van der Waals surface area contributed by atoms with Gasteiger partial charge in [0, 0.05) is 32.2 Å². The second-order valence-corrected chi connectivity index (χ2v) is 5.56. The third-order valence-electron chi connectivity index (χ3n) is 3.15. The molecule has 0 aliphatic heterocycles.